The van der Waals surface area contributed by atoms with E-state index < -0.39 is 10.0 Å². The molecule has 1 N–H and O–H groups in total. The first-order valence-corrected chi connectivity index (χ1v) is 12.7. The number of likely N-dealkylation sites (tertiary alicyclic amines) is 1. The second-order valence-corrected chi connectivity index (χ2v) is 10.6. The Kier molecular flexibility index (Phi) is 7.11. The molecular formula is C24H30N4O4S. The molecule has 1 atom stereocenters. The van der Waals surface area contributed by atoms with Gasteiger partial charge in [-0.15, -0.1) is 0 Å². The van der Waals surface area contributed by atoms with E-state index in [1.807, 2.05) is 18.2 Å². The highest BCUT2D eigenvalue weighted by Crippen LogP contribution is 2.20. The van der Waals surface area contributed by atoms with Crippen LogP contribution in [-0.4, -0.2) is 79.6 Å². The van der Waals surface area contributed by atoms with Crippen molar-refractivity contribution < 1.29 is 18.0 Å². The highest BCUT2D eigenvalue weighted by atomic mass is 32.2. The van der Waals surface area contributed by atoms with Crippen LogP contribution in [0.3, 0.4) is 0 Å². The summed E-state index contributed by atoms with van der Waals surface area (Å²) < 4.78 is 27.5. The number of carbonyl (C=O) groups excluding carboxylic acids is 2. The van der Waals surface area contributed by atoms with Crippen LogP contribution in [0.25, 0.3) is 0 Å². The summed E-state index contributed by atoms with van der Waals surface area (Å²) in [5, 5.41) is 3.05. The molecule has 0 radical (unpaired) electrons. The molecule has 9 heteroatoms. The maximum atomic E-state index is 13.1. The van der Waals surface area contributed by atoms with E-state index in [4.69, 9.17) is 0 Å². The maximum absolute atomic E-state index is 13.1. The van der Waals surface area contributed by atoms with Crippen LogP contribution in [0.1, 0.15) is 29.3 Å². The van der Waals surface area contributed by atoms with Crippen LogP contribution >= 0.6 is 0 Å². The van der Waals surface area contributed by atoms with Gasteiger partial charge in [0, 0.05) is 64.3 Å². The lowest BCUT2D eigenvalue weighted by atomic mass is 10.2. The van der Waals surface area contributed by atoms with Gasteiger partial charge in [0.05, 0.1) is 4.90 Å². The molecule has 0 saturated carbocycles. The largest absolute Gasteiger partial charge is 0.348 e. The van der Waals surface area contributed by atoms with Gasteiger partial charge < -0.3 is 10.2 Å². The van der Waals surface area contributed by atoms with Gasteiger partial charge in [-0.05, 0) is 30.2 Å². The Morgan fingerprint density at radius 2 is 1.70 bits per heavy atom. The van der Waals surface area contributed by atoms with Crippen LogP contribution in [0.15, 0.2) is 59.5 Å². The standard InChI is InChI=1S/C24H30N4O4S/c1-19(29)27-12-14-28(15-13-27)33(31,32)23-9-5-8-21(16-23)24(30)25-22-10-11-26(18-22)17-20-6-3-2-4-7-20/h2-9,16,22H,10-15,17-18H2,1H3,(H,25,30). The van der Waals surface area contributed by atoms with Crippen molar-refractivity contribution in [3.63, 3.8) is 0 Å². The summed E-state index contributed by atoms with van der Waals surface area (Å²) in [7, 11) is -3.73. The maximum Gasteiger partial charge on any atom is 0.251 e. The molecular weight excluding hydrogens is 440 g/mol. The van der Waals surface area contributed by atoms with Gasteiger partial charge in [0.25, 0.3) is 5.91 Å². The van der Waals surface area contributed by atoms with E-state index in [0.717, 1.165) is 26.1 Å². The lowest BCUT2D eigenvalue weighted by Crippen LogP contribution is -2.49. The second-order valence-electron chi connectivity index (χ2n) is 8.62. The predicted molar refractivity (Wildman–Crippen MR) is 125 cm³/mol. The monoisotopic (exact) mass is 470 g/mol. The van der Waals surface area contributed by atoms with Gasteiger partial charge in [-0.3, -0.25) is 14.5 Å². The normalized spacial score (nSPS) is 20.0. The minimum Gasteiger partial charge on any atom is -0.348 e. The third kappa shape index (κ3) is 5.61. The fraction of sp³-hybridized carbons (Fsp3) is 0.417. The van der Waals surface area contributed by atoms with Crippen LogP contribution in [0.2, 0.25) is 0 Å². The minimum atomic E-state index is -3.73. The summed E-state index contributed by atoms with van der Waals surface area (Å²) in [5.74, 6) is -0.319. The zero-order chi connectivity index (χ0) is 23.4. The van der Waals surface area contributed by atoms with Crippen LogP contribution in [0, 0.1) is 0 Å². The quantitative estimate of drug-likeness (QED) is 0.692. The molecule has 33 heavy (non-hydrogen) atoms. The number of sulfonamides is 1. The number of rotatable bonds is 6. The summed E-state index contributed by atoms with van der Waals surface area (Å²) in [6, 6.07) is 16.5. The van der Waals surface area contributed by atoms with E-state index in [2.05, 4.69) is 22.3 Å². The van der Waals surface area contributed by atoms with Gasteiger partial charge >= 0.3 is 0 Å². The number of hydrogen-bond donors (Lipinski definition) is 1. The average Bonchev–Trinajstić information content (AvgIpc) is 3.26. The Balaban J connectivity index is 1.36. The van der Waals surface area contributed by atoms with E-state index in [0.29, 0.717) is 18.7 Å². The lowest BCUT2D eigenvalue weighted by molar-refractivity contribution is -0.129. The number of nitrogens with one attached hydrogen (secondary N) is 1. The lowest BCUT2D eigenvalue weighted by Gasteiger charge is -2.33. The molecule has 1 unspecified atom stereocenters. The van der Waals surface area contributed by atoms with Crippen molar-refractivity contribution in [2.24, 2.45) is 0 Å². The topological polar surface area (TPSA) is 90.0 Å². The first-order valence-electron chi connectivity index (χ1n) is 11.3. The van der Waals surface area contributed by atoms with Crippen LogP contribution in [0.5, 0.6) is 0 Å². The summed E-state index contributed by atoms with van der Waals surface area (Å²) in [5.41, 5.74) is 1.58. The van der Waals surface area contributed by atoms with Crippen molar-refractivity contribution in [2.45, 2.75) is 30.8 Å². The van der Waals surface area contributed by atoms with Crippen LogP contribution in [0.4, 0.5) is 0 Å². The van der Waals surface area contributed by atoms with Gasteiger partial charge in [-0.1, -0.05) is 36.4 Å². The molecule has 2 heterocycles. The molecule has 0 bridgehead atoms. The second kappa shape index (κ2) is 10.0. The van der Waals surface area contributed by atoms with Crippen LogP contribution in [-0.2, 0) is 21.4 Å². The van der Waals surface area contributed by atoms with E-state index in [-0.39, 0.29) is 35.8 Å². The fourth-order valence-corrected chi connectivity index (χ4v) is 5.86. The van der Waals surface area contributed by atoms with E-state index in [1.165, 1.54) is 28.9 Å². The van der Waals surface area contributed by atoms with Gasteiger partial charge in [0.1, 0.15) is 0 Å². The number of benzene rings is 2. The van der Waals surface area contributed by atoms with Crippen molar-refractivity contribution in [3.05, 3.63) is 65.7 Å². The summed E-state index contributed by atoms with van der Waals surface area (Å²) in [6.07, 6.45) is 0.858. The van der Waals surface area contributed by atoms with Crippen molar-refractivity contribution in [3.8, 4) is 0 Å². The molecule has 2 saturated heterocycles. The van der Waals surface area contributed by atoms with Gasteiger partial charge in [-0.25, -0.2) is 8.42 Å². The molecule has 0 aliphatic carbocycles. The molecule has 2 amide bonds. The van der Waals surface area contributed by atoms with Gasteiger partial charge in [0.15, 0.2) is 0 Å². The van der Waals surface area contributed by atoms with Gasteiger partial charge in [-0.2, -0.15) is 4.31 Å². The highest BCUT2D eigenvalue weighted by Gasteiger charge is 2.30. The first kappa shape index (κ1) is 23.4. The number of carbonyl (C=O) groups is 2. The summed E-state index contributed by atoms with van der Waals surface area (Å²) >= 11 is 0. The zero-order valence-electron chi connectivity index (χ0n) is 18.8. The van der Waals surface area contributed by atoms with Gasteiger partial charge in [0.2, 0.25) is 15.9 Å². The Morgan fingerprint density at radius 1 is 0.970 bits per heavy atom. The summed E-state index contributed by atoms with van der Waals surface area (Å²) in [6.45, 7) is 5.23. The van der Waals surface area contributed by atoms with Crippen molar-refractivity contribution in [1.29, 1.82) is 0 Å². The highest BCUT2D eigenvalue weighted by molar-refractivity contribution is 7.89. The molecule has 4 rings (SSSR count). The number of amides is 2. The van der Waals surface area contributed by atoms with Crippen LogP contribution < -0.4 is 5.32 Å². The number of nitrogens with zero attached hydrogens (tertiary/aromatic N) is 3. The predicted octanol–water partition coefficient (Wildman–Crippen LogP) is 1.54. The van der Waals surface area contributed by atoms with E-state index in [1.54, 1.807) is 17.0 Å². The number of piperazine rings is 1. The van der Waals surface area contributed by atoms with Crippen molar-refractivity contribution >= 4 is 21.8 Å². The molecule has 2 fully saturated rings. The number of hydrogen-bond acceptors (Lipinski definition) is 5. The zero-order valence-corrected chi connectivity index (χ0v) is 19.6. The molecule has 0 spiro atoms. The molecule has 2 aromatic carbocycles. The third-order valence-corrected chi connectivity index (χ3v) is 8.17. The first-order chi connectivity index (χ1) is 15.8. The molecule has 2 aliphatic heterocycles. The molecule has 8 nitrogen and oxygen atoms in total. The molecule has 176 valence electrons. The fourth-order valence-electron chi connectivity index (χ4n) is 4.39. The van der Waals surface area contributed by atoms with Crippen molar-refractivity contribution in [2.75, 3.05) is 39.3 Å². The van der Waals surface area contributed by atoms with Crippen molar-refractivity contribution in [1.82, 2.24) is 19.4 Å². The smallest absolute Gasteiger partial charge is 0.251 e. The molecule has 2 aliphatic rings. The summed E-state index contributed by atoms with van der Waals surface area (Å²) in [4.78, 5) is 28.4. The Morgan fingerprint density at radius 3 is 2.39 bits per heavy atom. The van der Waals surface area contributed by atoms with E-state index in [9.17, 15) is 18.0 Å². The minimum absolute atomic E-state index is 0.0288. The molecule has 0 aromatic heterocycles. The Labute approximate surface area is 195 Å². The SMILES string of the molecule is CC(=O)N1CCN(S(=O)(=O)c2cccc(C(=O)NC3CCN(Cc4ccccc4)C3)c2)CC1. The Hall–Kier alpha value is -2.75. The third-order valence-electron chi connectivity index (χ3n) is 6.27. The Bertz CT molecular complexity index is 1100. The van der Waals surface area contributed by atoms with E-state index >= 15 is 0 Å². The average molecular weight is 471 g/mol. The molecule has 2 aromatic rings.